The van der Waals surface area contributed by atoms with Crippen LogP contribution in [0.4, 0.5) is 14.9 Å². The molecule has 2 saturated heterocycles. The molecule has 1 aromatic carbocycles. The third-order valence-corrected chi connectivity index (χ3v) is 5.95. The van der Waals surface area contributed by atoms with Crippen molar-refractivity contribution in [3.05, 3.63) is 29.8 Å². The second-order valence-electron chi connectivity index (χ2n) is 7.78. The van der Waals surface area contributed by atoms with E-state index in [2.05, 4.69) is 10.6 Å². The van der Waals surface area contributed by atoms with E-state index in [0.29, 0.717) is 36.2 Å². The number of piperidine rings is 1. The second kappa shape index (κ2) is 7.69. The fourth-order valence-corrected chi connectivity index (χ4v) is 4.32. The molecule has 0 bridgehead atoms. The first kappa shape index (κ1) is 19.2. The van der Waals surface area contributed by atoms with E-state index in [1.165, 1.54) is 4.90 Å². The number of carbonyl (C=O) groups is 2. The third kappa shape index (κ3) is 3.87. The Morgan fingerprint density at radius 1 is 1.14 bits per heavy atom. The van der Waals surface area contributed by atoms with Crippen LogP contribution in [-0.4, -0.2) is 66.2 Å². The summed E-state index contributed by atoms with van der Waals surface area (Å²) >= 11 is 0. The molecule has 3 fully saturated rings. The van der Waals surface area contributed by atoms with Crippen molar-refractivity contribution in [2.45, 2.75) is 24.7 Å². The number of carbonyl (C=O) groups excluding carboxylic acids is 2. The molecule has 0 radical (unpaired) electrons. The molecule has 1 aromatic rings. The maximum absolute atomic E-state index is 13.5. The molecule has 2 heterocycles. The highest BCUT2D eigenvalue weighted by atomic mass is 19.1. The Morgan fingerprint density at radius 3 is 2.45 bits per heavy atom. The number of halogens is 1. The van der Waals surface area contributed by atoms with E-state index in [1.54, 1.807) is 29.2 Å². The largest absolute Gasteiger partial charge is 0.324 e. The van der Waals surface area contributed by atoms with Gasteiger partial charge in [0, 0.05) is 31.2 Å². The Labute approximate surface area is 167 Å². The minimum absolute atomic E-state index is 0.0143. The van der Waals surface area contributed by atoms with Gasteiger partial charge >= 0.3 is 6.03 Å². The van der Waals surface area contributed by atoms with Crippen LogP contribution in [0, 0.1) is 34.5 Å². The predicted octanol–water partition coefficient (Wildman–Crippen LogP) is 1.07. The average Bonchev–Trinajstić information content (AvgIpc) is 3.06. The van der Waals surface area contributed by atoms with E-state index >= 15 is 0 Å². The van der Waals surface area contributed by atoms with Crippen molar-refractivity contribution in [2.24, 2.45) is 11.8 Å². The Bertz CT molecular complexity index is 880. The average molecular weight is 396 g/mol. The van der Waals surface area contributed by atoms with Gasteiger partial charge in [-0.15, -0.1) is 0 Å². The third-order valence-electron chi connectivity index (χ3n) is 5.95. The van der Waals surface area contributed by atoms with Crippen molar-refractivity contribution >= 4 is 17.6 Å². The molecular weight excluding hydrogens is 375 g/mol. The summed E-state index contributed by atoms with van der Waals surface area (Å²) in [4.78, 5) is 27.7. The zero-order chi connectivity index (χ0) is 20.5. The lowest BCUT2D eigenvalue weighted by Gasteiger charge is -2.22. The van der Waals surface area contributed by atoms with Crippen molar-refractivity contribution < 1.29 is 14.0 Å². The van der Waals surface area contributed by atoms with Crippen LogP contribution in [-0.2, 0) is 4.79 Å². The monoisotopic (exact) mass is 396 g/mol. The van der Waals surface area contributed by atoms with Crippen LogP contribution < -0.4 is 10.6 Å². The number of nitrogens with zero attached hydrogens (tertiary/aromatic N) is 4. The second-order valence-corrected chi connectivity index (χ2v) is 7.78. The summed E-state index contributed by atoms with van der Waals surface area (Å²) in [6.45, 7) is 1.28. The van der Waals surface area contributed by atoms with Gasteiger partial charge in [-0.05, 0) is 36.1 Å². The van der Waals surface area contributed by atoms with Gasteiger partial charge in [-0.2, -0.15) is 10.5 Å². The predicted molar refractivity (Wildman–Crippen MR) is 101 cm³/mol. The summed E-state index contributed by atoms with van der Waals surface area (Å²) in [5.74, 6) is 0.347. The number of hydrogen-bond donors (Lipinski definition) is 2. The Morgan fingerprint density at radius 2 is 1.83 bits per heavy atom. The molecule has 8 nitrogen and oxygen atoms in total. The maximum Gasteiger partial charge on any atom is 0.321 e. The van der Waals surface area contributed by atoms with Gasteiger partial charge in [-0.3, -0.25) is 4.79 Å². The van der Waals surface area contributed by atoms with Crippen molar-refractivity contribution in [3.63, 3.8) is 0 Å². The first-order chi connectivity index (χ1) is 14.0. The molecule has 3 aliphatic rings. The number of nitriles is 2. The summed E-state index contributed by atoms with van der Waals surface area (Å²) in [6.07, 6.45) is -1.05. The van der Waals surface area contributed by atoms with Crippen LogP contribution in [0.15, 0.2) is 24.3 Å². The van der Waals surface area contributed by atoms with Gasteiger partial charge in [-0.1, -0.05) is 0 Å². The molecule has 2 unspecified atom stereocenters. The molecule has 2 aliphatic heterocycles. The number of likely N-dealkylation sites (tertiary alicyclic amines) is 2. The van der Waals surface area contributed by atoms with E-state index in [0.717, 1.165) is 0 Å². The molecule has 2 N–H and O–H groups in total. The zero-order valence-corrected chi connectivity index (χ0v) is 15.7. The van der Waals surface area contributed by atoms with Crippen LogP contribution in [0.2, 0.25) is 0 Å². The maximum atomic E-state index is 13.5. The lowest BCUT2D eigenvalue weighted by molar-refractivity contribution is -0.130. The van der Waals surface area contributed by atoms with Crippen LogP contribution in [0.3, 0.4) is 0 Å². The van der Waals surface area contributed by atoms with Gasteiger partial charge in [0.15, 0.2) is 0 Å². The quantitative estimate of drug-likeness (QED) is 0.791. The van der Waals surface area contributed by atoms with Crippen molar-refractivity contribution in [3.8, 4) is 12.1 Å². The van der Waals surface area contributed by atoms with Crippen LogP contribution >= 0.6 is 0 Å². The van der Waals surface area contributed by atoms with Gasteiger partial charge in [0.1, 0.15) is 12.2 Å². The molecule has 150 valence electrons. The topological polar surface area (TPSA) is 112 Å². The first-order valence-electron chi connectivity index (χ1n) is 9.62. The number of rotatable bonds is 4. The smallest absolute Gasteiger partial charge is 0.321 e. The first-order valence-corrected chi connectivity index (χ1v) is 9.62. The van der Waals surface area contributed by atoms with E-state index in [9.17, 15) is 14.0 Å². The summed E-state index contributed by atoms with van der Waals surface area (Å²) in [5, 5.41) is 23.9. The van der Waals surface area contributed by atoms with Gasteiger partial charge in [-0.25, -0.2) is 9.18 Å². The molecule has 29 heavy (non-hydrogen) atoms. The highest BCUT2D eigenvalue weighted by molar-refractivity contribution is 5.89. The Balaban J connectivity index is 1.21. The van der Waals surface area contributed by atoms with Gasteiger partial charge in [0.05, 0.1) is 30.8 Å². The molecule has 4 rings (SSSR count). The normalized spacial score (nSPS) is 29.7. The van der Waals surface area contributed by atoms with E-state index in [4.69, 9.17) is 10.5 Å². The highest BCUT2D eigenvalue weighted by Crippen LogP contribution is 2.45. The lowest BCUT2D eigenvalue weighted by atomic mass is 10.2. The van der Waals surface area contributed by atoms with Gasteiger partial charge in [0.25, 0.3) is 0 Å². The minimum atomic E-state index is -1.13. The van der Waals surface area contributed by atoms with Gasteiger partial charge in [0.2, 0.25) is 5.91 Å². The fraction of sp³-hybridized carbons (Fsp3) is 0.500. The number of fused-ring (bicyclic) bond motifs is 1. The number of alkyl halides is 1. The molecule has 3 amide bonds. The van der Waals surface area contributed by atoms with E-state index in [-0.39, 0.29) is 37.5 Å². The number of benzene rings is 1. The SMILES string of the molecule is N#Cc1ccc(NC(=O)N2CC3C(C2)C3NCC(=O)N2C[C@@H](F)C[C@H]2C#N)cc1. The molecule has 4 atom stereocenters. The Kier molecular flexibility index (Phi) is 5.08. The number of amides is 3. The molecular formula is C20H21FN6O2. The van der Waals surface area contributed by atoms with Crippen LogP contribution in [0.25, 0.3) is 0 Å². The number of anilines is 1. The van der Waals surface area contributed by atoms with Gasteiger partial charge < -0.3 is 20.4 Å². The van der Waals surface area contributed by atoms with Crippen LogP contribution in [0.1, 0.15) is 12.0 Å². The summed E-state index contributed by atoms with van der Waals surface area (Å²) in [7, 11) is 0. The van der Waals surface area contributed by atoms with E-state index in [1.807, 2.05) is 12.1 Å². The zero-order valence-electron chi connectivity index (χ0n) is 15.7. The molecule has 0 spiro atoms. The summed E-state index contributed by atoms with van der Waals surface area (Å²) in [5.41, 5.74) is 1.17. The molecule has 0 aromatic heterocycles. The van der Waals surface area contributed by atoms with Crippen LogP contribution in [0.5, 0.6) is 0 Å². The highest BCUT2D eigenvalue weighted by Gasteiger charge is 2.56. The lowest BCUT2D eigenvalue weighted by Crippen LogP contribution is -2.43. The number of nitrogens with one attached hydrogen (secondary N) is 2. The van der Waals surface area contributed by atoms with Crippen molar-refractivity contribution in [2.75, 3.05) is 31.5 Å². The Hall–Kier alpha value is -3.17. The fourth-order valence-electron chi connectivity index (χ4n) is 4.32. The molecule has 1 saturated carbocycles. The summed E-state index contributed by atoms with van der Waals surface area (Å²) < 4.78 is 13.5. The molecule has 1 aliphatic carbocycles. The standard InChI is InChI=1S/C20H21FN6O2/c21-13-5-15(7-23)27(9-13)18(28)8-24-19-16-10-26(11-17(16)19)20(29)25-14-3-1-12(6-22)2-4-14/h1-4,13,15-17,19,24H,5,8-11H2,(H,25,29)/t13-,15-,16?,17?,19?/m0/s1. The van der Waals surface area contributed by atoms with Crippen molar-refractivity contribution in [1.29, 1.82) is 10.5 Å². The van der Waals surface area contributed by atoms with E-state index < -0.39 is 12.2 Å². The number of urea groups is 1. The summed E-state index contributed by atoms with van der Waals surface area (Å²) in [6, 6.07) is 10.0. The van der Waals surface area contributed by atoms with Crippen molar-refractivity contribution in [1.82, 2.24) is 15.1 Å². The number of hydrogen-bond acceptors (Lipinski definition) is 5. The molecule has 9 heteroatoms. The minimum Gasteiger partial charge on any atom is -0.324 e.